The molecule has 0 spiro atoms. The van der Waals surface area contributed by atoms with Crippen molar-refractivity contribution in [1.29, 1.82) is 0 Å². The summed E-state index contributed by atoms with van der Waals surface area (Å²) in [5.41, 5.74) is 1.13. The van der Waals surface area contributed by atoms with Gasteiger partial charge in [0.1, 0.15) is 5.75 Å². The van der Waals surface area contributed by atoms with Crippen LogP contribution in [0, 0.1) is 0 Å². The van der Waals surface area contributed by atoms with E-state index < -0.39 is 0 Å². The molecule has 176 valence electrons. The Hall–Kier alpha value is -1.84. The smallest absolute Gasteiger partial charge is 0.311 e. The fourth-order valence-electron chi connectivity index (χ4n) is 3.59. The molecule has 0 bridgehead atoms. The van der Waals surface area contributed by atoms with Gasteiger partial charge in [-0.1, -0.05) is 96.6 Å². The number of unbranched alkanes of at least 4 members (excludes halogenated alkanes) is 11. The minimum Gasteiger partial charge on any atom is -0.466 e. The number of aryl methyl sites for hydroxylation is 1. The molecule has 0 atom stereocenters. The Balaban J connectivity index is 1.90. The molecule has 0 heterocycles. The monoisotopic (exact) mass is 432 g/mol. The van der Waals surface area contributed by atoms with Crippen molar-refractivity contribution in [3.05, 3.63) is 29.8 Å². The normalized spacial score (nSPS) is 10.8. The molecule has 0 radical (unpaired) electrons. The maximum atomic E-state index is 11.9. The van der Waals surface area contributed by atoms with Crippen molar-refractivity contribution in [3.63, 3.8) is 0 Å². The molecule has 1 rings (SSSR count). The quantitative estimate of drug-likeness (QED) is 0.128. The lowest BCUT2D eigenvalue weighted by molar-refractivity contribution is -0.144. The highest BCUT2D eigenvalue weighted by atomic mass is 16.5. The van der Waals surface area contributed by atoms with Crippen LogP contribution in [0.2, 0.25) is 0 Å². The molecule has 1 aromatic rings. The minimum absolute atomic E-state index is 0.219. The van der Waals surface area contributed by atoms with E-state index in [2.05, 4.69) is 13.8 Å². The van der Waals surface area contributed by atoms with E-state index in [0.717, 1.165) is 24.8 Å². The van der Waals surface area contributed by atoms with E-state index in [1.54, 1.807) is 6.07 Å². The first-order valence-corrected chi connectivity index (χ1v) is 12.6. The molecular formula is C27H44O4. The number of hydrogen-bond acceptors (Lipinski definition) is 4. The lowest BCUT2D eigenvalue weighted by Crippen LogP contribution is -2.10. The maximum absolute atomic E-state index is 11.9. The van der Waals surface area contributed by atoms with Crippen LogP contribution in [0.4, 0.5) is 0 Å². The summed E-state index contributed by atoms with van der Waals surface area (Å²) in [4.78, 5) is 23.7. The maximum Gasteiger partial charge on any atom is 0.311 e. The molecular weight excluding hydrogens is 388 g/mol. The molecule has 0 saturated heterocycles. The molecule has 0 N–H and O–H groups in total. The molecule has 31 heavy (non-hydrogen) atoms. The van der Waals surface area contributed by atoms with Crippen molar-refractivity contribution in [2.24, 2.45) is 0 Å². The van der Waals surface area contributed by atoms with Crippen LogP contribution in [0.3, 0.4) is 0 Å². The number of ether oxygens (including phenoxy) is 2. The average molecular weight is 433 g/mol. The number of esters is 2. The van der Waals surface area contributed by atoms with Crippen LogP contribution in [-0.4, -0.2) is 18.5 Å². The third-order valence-corrected chi connectivity index (χ3v) is 5.56. The Morgan fingerprint density at radius 3 is 1.90 bits per heavy atom. The Labute approximate surface area is 190 Å². The third kappa shape index (κ3) is 15.6. The van der Waals surface area contributed by atoms with Gasteiger partial charge in [0.2, 0.25) is 0 Å². The predicted molar refractivity (Wildman–Crippen MR) is 127 cm³/mol. The molecule has 0 unspecified atom stereocenters. The van der Waals surface area contributed by atoms with Gasteiger partial charge in [0.05, 0.1) is 6.61 Å². The van der Waals surface area contributed by atoms with Gasteiger partial charge < -0.3 is 9.47 Å². The summed E-state index contributed by atoms with van der Waals surface area (Å²) in [6.07, 6.45) is 17.3. The van der Waals surface area contributed by atoms with Crippen molar-refractivity contribution in [2.45, 2.75) is 117 Å². The van der Waals surface area contributed by atoms with Crippen molar-refractivity contribution in [2.75, 3.05) is 6.61 Å². The fraction of sp³-hybridized carbons (Fsp3) is 0.704. The van der Waals surface area contributed by atoms with E-state index in [4.69, 9.17) is 9.47 Å². The van der Waals surface area contributed by atoms with Crippen LogP contribution < -0.4 is 4.74 Å². The lowest BCUT2D eigenvalue weighted by Gasteiger charge is -2.07. The van der Waals surface area contributed by atoms with Gasteiger partial charge in [0, 0.05) is 12.8 Å². The first-order chi connectivity index (χ1) is 15.2. The molecule has 0 amide bonds. The minimum atomic E-state index is -0.304. The zero-order valence-electron chi connectivity index (χ0n) is 20.0. The highest BCUT2D eigenvalue weighted by Crippen LogP contribution is 2.15. The number of hydrogen-bond donors (Lipinski definition) is 0. The first kappa shape index (κ1) is 27.2. The van der Waals surface area contributed by atoms with Gasteiger partial charge >= 0.3 is 11.9 Å². The number of carbonyl (C=O) groups excluding carboxylic acids is 2. The zero-order chi connectivity index (χ0) is 22.6. The molecule has 4 heteroatoms. The number of benzene rings is 1. The molecule has 0 fully saturated rings. The summed E-state index contributed by atoms with van der Waals surface area (Å²) in [7, 11) is 0. The largest absolute Gasteiger partial charge is 0.466 e. The summed E-state index contributed by atoms with van der Waals surface area (Å²) < 4.78 is 10.6. The highest BCUT2D eigenvalue weighted by molar-refractivity contribution is 5.74. The van der Waals surface area contributed by atoms with Crippen LogP contribution in [-0.2, 0) is 20.7 Å². The summed E-state index contributed by atoms with van der Waals surface area (Å²) in [6.45, 7) is 4.81. The topological polar surface area (TPSA) is 52.6 Å². The first-order valence-electron chi connectivity index (χ1n) is 12.6. The molecule has 4 nitrogen and oxygen atoms in total. The van der Waals surface area contributed by atoms with Gasteiger partial charge in [0.15, 0.2) is 0 Å². The lowest BCUT2D eigenvalue weighted by atomic mass is 10.1. The predicted octanol–water partition coefficient (Wildman–Crippen LogP) is 7.57. The number of rotatable bonds is 19. The van der Waals surface area contributed by atoms with E-state index in [1.807, 2.05) is 18.2 Å². The van der Waals surface area contributed by atoms with Gasteiger partial charge in [-0.3, -0.25) is 9.59 Å². The van der Waals surface area contributed by atoms with Gasteiger partial charge in [0.25, 0.3) is 0 Å². The van der Waals surface area contributed by atoms with Crippen molar-refractivity contribution in [1.82, 2.24) is 0 Å². The van der Waals surface area contributed by atoms with Crippen LogP contribution in [0.1, 0.15) is 116 Å². The second kappa shape index (κ2) is 18.9. The molecule has 0 saturated carbocycles. The van der Waals surface area contributed by atoms with Gasteiger partial charge in [-0.2, -0.15) is 0 Å². The molecule has 0 aromatic heterocycles. The summed E-state index contributed by atoms with van der Waals surface area (Å²) in [6, 6.07) is 7.54. The van der Waals surface area contributed by atoms with Crippen LogP contribution in [0.15, 0.2) is 24.3 Å². The van der Waals surface area contributed by atoms with Crippen LogP contribution in [0.25, 0.3) is 0 Å². The van der Waals surface area contributed by atoms with Crippen LogP contribution >= 0.6 is 0 Å². The van der Waals surface area contributed by atoms with Gasteiger partial charge in [-0.15, -0.1) is 0 Å². The summed E-state index contributed by atoms with van der Waals surface area (Å²) >= 11 is 0. The SMILES string of the molecule is CCCCCCCCCCCCCCOC(=O)CCCC(=O)Oc1cccc(CC)c1. The van der Waals surface area contributed by atoms with E-state index >= 15 is 0 Å². The third-order valence-electron chi connectivity index (χ3n) is 5.56. The summed E-state index contributed by atoms with van der Waals surface area (Å²) in [5.74, 6) is 0.0461. The molecule has 0 aliphatic heterocycles. The summed E-state index contributed by atoms with van der Waals surface area (Å²) in [5, 5.41) is 0. The second-order valence-electron chi connectivity index (χ2n) is 8.44. The fourth-order valence-corrected chi connectivity index (χ4v) is 3.59. The van der Waals surface area contributed by atoms with E-state index in [0.29, 0.717) is 18.8 Å². The second-order valence-corrected chi connectivity index (χ2v) is 8.44. The number of carbonyl (C=O) groups is 2. The van der Waals surface area contributed by atoms with Crippen molar-refractivity contribution >= 4 is 11.9 Å². The Bertz CT molecular complexity index is 597. The Kier molecular flexibility index (Phi) is 16.6. The standard InChI is InChI=1S/C27H44O4/c1-3-5-6-7-8-9-10-11-12-13-14-15-22-30-26(28)20-17-21-27(29)31-25-19-16-18-24(4-2)23-25/h16,18-19,23H,3-15,17,20-22H2,1-2H3. The average Bonchev–Trinajstić information content (AvgIpc) is 2.77. The highest BCUT2D eigenvalue weighted by Gasteiger charge is 2.08. The van der Waals surface area contributed by atoms with Gasteiger partial charge in [-0.05, 0) is 37.0 Å². The van der Waals surface area contributed by atoms with Crippen LogP contribution in [0.5, 0.6) is 5.75 Å². The Morgan fingerprint density at radius 2 is 1.29 bits per heavy atom. The van der Waals surface area contributed by atoms with E-state index in [9.17, 15) is 9.59 Å². The van der Waals surface area contributed by atoms with Crippen molar-refractivity contribution in [3.8, 4) is 5.75 Å². The van der Waals surface area contributed by atoms with Crippen molar-refractivity contribution < 1.29 is 19.1 Å². The zero-order valence-corrected chi connectivity index (χ0v) is 20.0. The van der Waals surface area contributed by atoms with E-state index in [-0.39, 0.29) is 24.8 Å². The molecule has 0 aliphatic rings. The Morgan fingerprint density at radius 1 is 0.710 bits per heavy atom. The van der Waals surface area contributed by atoms with E-state index in [1.165, 1.54) is 64.2 Å². The molecule has 0 aliphatic carbocycles. The molecule has 1 aromatic carbocycles. The van der Waals surface area contributed by atoms with Gasteiger partial charge in [-0.25, -0.2) is 0 Å².